The van der Waals surface area contributed by atoms with Gasteiger partial charge in [0.05, 0.1) is 26.3 Å². The molecule has 2 saturated heterocycles. The van der Waals surface area contributed by atoms with E-state index in [2.05, 4.69) is 19.7 Å². The summed E-state index contributed by atoms with van der Waals surface area (Å²) in [4.78, 5) is 12.0. The summed E-state index contributed by atoms with van der Waals surface area (Å²) in [7, 11) is 1.44. The third kappa shape index (κ3) is 6.17. The van der Waals surface area contributed by atoms with E-state index in [-0.39, 0.29) is 18.6 Å². The predicted molar refractivity (Wildman–Crippen MR) is 151 cm³/mol. The van der Waals surface area contributed by atoms with E-state index in [4.69, 9.17) is 41.2 Å². The van der Waals surface area contributed by atoms with E-state index >= 15 is 0 Å². The molecular formula is C29H31ClFN7O3. The van der Waals surface area contributed by atoms with Gasteiger partial charge in [-0.2, -0.15) is 0 Å². The summed E-state index contributed by atoms with van der Waals surface area (Å²) in [6.07, 6.45) is 3.05. The van der Waals surface area contributed by atoms with Crippen molar-refractivity contribution in [1.82, 2.24) is 29.6 Å². The Morgan fingerprint density at radius 2 is 1.95 bits per heavy atom. The number of likely N-dealkylation sites (tertiary alicyclic amines) is 1. The molecule has 1 aromatic carbocycles. The average molecular weight is 580 g/mol. The minimum atomic E-state index is -0.392. The van der Waals surface area contributed by atoms with Gasteiger partial charge in [0.25, 0.3) is 0 Å². The SMILES string of the molecule is COC(=N)c1cc2nc(CN3CCC(c4cccc(OCc5ccc(Cl)cc5F)n4)CC3)n(C[C@@H]3CCO3)c2nn1. The van der Waals surface area contributed by atoms with Crippen LogP contribution in [0.25, 0.3) is 11.2 Å². The van der Waals surface area contributed by atoms with Crippen molar-refractivity contribution in [1.29, 1.82) is 5.41 Å². The summed E-state index contributed by atoms with van der Waals surface area (Å²) < 4.78 is 32.7. The topological polar surface area (TPSA) is 111 Å². The van der Waals surface area contributed by atoms with Gasteiger partial charge in [0.15, 0.2) is 5.65 Å². The number of fused-ring (bicyclic) bond motifs is 1. The molecule has 214 valence electrons. The molecule has 2 aliphatic heterocycles. The van der Waals surface area contributed by atoms with Crippen molar-refractivity contribution >= 4 is 28.7 Å². The molecule has 5 heterocycles. The molecule has 2 fully saturated rings. The Balaban J connectivity index is 1.11. The van der Waals surface area contributed by atoms with Gasteiger partial charge in [0.2, 0.25) is 11.8 Å². The number of nitrogens with one attached hydrogen (secondary N) is 1. The molecule has 0 aliphatic carbocycles. The Kier molecular flexibility index (Phi) is 8.09. The number of hydrogen-bond donors (Lipinski definition) is 1. The molecule has 1 N–H and O–H groups in total. The third-order valence-corrected chi connectivity index (χ3v) is 7.93. The summed E-state index contributed by atoms with van der Waals surface area (Å²) in [5.74, 6) is 1.26. The molecule has 12 heteroatoms. The van der Waals surface area contributed by atoms with Crippen LogP contribution in [0, 0.1) is 11.2 Å². The lowest BCUT2D eigenvalue weighted by atomic mass is 9.93. The molecule has 0 amide bonds. The van der Waals surface area contributed by atoms with Crippen LogP contribution in [-0.4, -0.2) is 68.4 Å². The van der Waals surface area contributed by atoms with Crippen LogP contribution in [0.4, 0.5) is 4.39 Å². The summed E-state index contributed by atoms with van der Waals surface area (Å²) >= 11 is 5.85. The first-order chi connectivity index (χ1) is 20.0. The zero-order valence-electron chi connectivity index (χ0n) is 22.7. The highest BCUT2D eigenvalue weighted by Gasteiger charge is 2.27. The molecule has 0 spiro atoms. The first-order valence-corrected chi connectivity index (χ1v) is 14.1. The highest BCUT2D eigenvalue weighted by molar-refractivity contribution is 6.30. The number of methoxy groups -OCH3 is 1. The van der Waals surface area contributed by atoms with Gasteiger partial charge >= 0.3 is 0 Å². The van der Waals surface area contributed by atoms with Gasteiger partial charge in [0.1, 0.15) is 29.5 Å². The molecule has 0 saturated carbocycles. The van der Waals surface area contributed by atoms with Crippen molar-refractivity contribution in [2.45, 2.75) is 51.0 Å². The van der Waals surface area contributed by atoms with Crippen molar-refractivity contribution in [3.05, 3.63) is 76.1 Å². The Bertz CT molecular complexity index is 1550. The number of benzene rings is 1. The highest BCUT2D eigenvalue weighted by Crippen LogP contribution is 2.29. The molecule has 41 heavy (non-hydrogen) atoms. The number of imidazole rings is 1. The summed E-state index contributed by atoms with van der Waals surface area (Å²) in [5.41, 5.74) is 3.16. The number of halogens is 2. The number of ether oxygens (including phenoxy) is 3. The standard InChI is InChI=1S/C29H31ClFN7O3/c1-39-28(32)24-14-25-29(36-35-24)38(15-21-9-12-40-21)26(33-25)16-37-10-7-18(8-11-37)23-3-2-4-27(34-23)41-17-19-5-6-20(30)13-22(19)31/h2-6,13-14,18,21,32H,7-12,15-17H2,1H3/t21-/m0/s1. The zero-order valence-corrected chi connectivity index (χ0v) is 23.5. The molecular weight excluding hydrogens is 549 g/mol. The highest BCUT2D eigenvalue weighted by atomic mass is 35.5. The summed E-state index contributed by atoms with van der Waals surface area (Å²) in [5, 5.41) is 16.9. The fourth-order valence-electron chi connectivity index (χ4n) is 5.25. The van der Waals surface area contributed by atoms with E-state index in [1.165, 1.54) is 13.2 Å². The van der Waals surface area contributed by atoms with E-state index in [0.29, 0.717) is 52.3 Å². The van der Waals surface area contributed by atoms with E-state index < -0.39 is 5.82 Å². The van der Waals surface area contributed by atoms with Crippen LogP contribution < -0.4 is 4.74 Å². The lowest BCUT2D eigenvalue weighted by Gasteiger charge is -2.32. The summed E-state index contributed by atoms with van der Waals surface area (Å²) in [6.45, 7) is 4.00. The molecule has 4 aromatic rings. The van der Waals surface area contributed by atoms with Crippen LogP contribution in [0.5, 0.6) is 5.88 Å². The molecule has 0 unspecified atom stereocenters. The van der Waals surface area contributed by atoms with Crippen LogP contribution in [0.2, 0.25) is 5.02 Å². The van der Waals surface area contributed by atoms with Crippen molar-refractivity contribution in [3.63, 3.8) is 0 Å². The average Bonchev–Trinajstić information content (AvgIpc) is 3.30. The maximum atomic E-state index is 14.1. The van der Waals surface area contributed by atoms with Gasteiger partial charge in [-0.3, -0.25) is 10.3 Å². The van der Waals surface area contributed by atoms with E-state index in [9.17, 15) is 4.39 Å². The van der Waals surface area contributed by atoms with E-state index in [0.717, 1.165) is 50.5 Å². The predicted octanol–water partition coefficient (Wildman–Crippen LogP) is 4.73. The minimum absolute atomic E-state index is 0.0416. The Morgan fingerprint density at radius 1 is 1.12 bits per heavy atom. The van der Waals surface area contributed by atoms with Crippen molar-refractivity contribution in [2.24, 2.45) is 0 Å². The monoisotopic (exact) mass is 579 g/mol. The smallest absolute Gasteiger partial charge is 0.234 e. The second kappa shape index (κ2) is 12.1. The van der Waals surface area contributed by atoms with Gasteiger partial charge in [-0.1, -0.05) is 23.7 Å². The number of piperidine rings is 1. The van der Waals surface area contributed by atoms with Crippen LogP contribution in [0.1, 0.15) is 48.0 Å². The normalized spacial score (nSPS) is 17.9. The maximum absolute atomic E-state index is 14.1. The van der Waals surface area contributed by atoms with Gasteiger partial charge < -0.3 is 18.8 Å². The van der Waals surface area contributed by atoms with Crippen LogP contribution in [0.15, 0.2) is 42.5 Å². The molecule has 0 bridgehead atoms. The first kappa shape index (κ1) is 27.5. The molecule has 0 radical (unpaired) electrons. The van der Waals surface area contributed by atoms with Crippen LogP contribution in [-0.2, 0) is 29.2 Å². The fraction of sp³-hybridized carbons (Fsp3) is 0.414. The molecule has 10 nitrogen and oxygen atoms in total. The zero-order chi connectivity index (χ0) is 28.3. The van der Waals surface area contributed by atoms with Gasteiger partial charge in [-0.05, 0) is 50.6 Å². The molecule has 6 rings (SSSR count). The Morgan fingerprint density at radius 3 is 2.68 bits per heavy atom. The van der Waals surface area contributed by atoms with Gasteiger partial charge in [0, 0.05) is 40.9 Å². The van der Waals surface area contributed by atoms with E-state index in [1.54, 1.807) is 24.3 Å². The molecule has 3 aromatic heterocycles. The lowest BCUT2D eigenvalue weighted by molar-refractivity contribution is -0.0593. The maximum Gasteiger partial charge on any atom is 0.234 e. The van der Waals surface area contributed by atoms with Crippen LogP contribution >= 0.6 is 11.6 Å². The molecule has 2 aliphatic rings. The number of aromatic nitrogens is 5. The first-order valence-electron chi connectivity index (χ1n) is 13.7. The third-order valence-electron chi connectivity index (χ3n) is 7.69. The fourth-order valence-corrected chi connectivity index (χ4v) is 5.41. The molecule has 1 atom stereocenters. The van der Waals surface area contributed by atoms with E-state index in [1.807, 2.05) is 12.1 Å². The second-order valence-electron chi connectivity index (χ2n) is 10.4. The number of rotatable bonds is 9. The Labute approximate surface area is 241 Å². The summed E-state index contributed by atoms with van der Waals surface area (Å²) in [6, 6.07) is 12.1. The van der Waals surface area contributed by atoms with Crippen LogP contribution in [0.3, 0.4) is 0 Å². The number of nitrogens with zero attached hydrogens (tertiary/aromatic N) is 6. The lowest BCUT2D eigenvalue weighted by Crippen LogP contribution is -2.35. The largest absolute Gasteiger partial charge is 0.480 e. The van der Waals surface area contributed by atoms with Crippen molar-refractivity contribution in [2.75, 3.05) is 26.8 Å². The number of pyridine rings is 1. The second-order valence-corrected chi connectivity index (χ2v) is 10.8. The quantitative estimate of drug-likeness (QED) is 0.224. The van der Waals surface area contributed by atoms with Gasteiger partial charge in [-0.15, -0.1) is 10.2 Å². The number of hydrogen-bond acceptors (Lipinski definition) is 9. The van der Waals surface area contributed by atoms with Crippen molar-refractivity contribution < 1.29 is 18.6 Å². The Hall–Kier alpha value is -3.67. The van der Waals surface area contributed by atoms with Gasteiger partial charge in [-0.25, -0.2) is 14.4 Å². The minimum Gasteiger partial charge on any atom is -0.480 e. The van der Waals surface area contributed by atoms with Crippen molar-refractivity contribution in [3.8, 4) is 5.88 Å².